The summed E-state index contributed by atoms with van der Waals surface area (Å²) in [7, 11) is 1.73. The third-order valence-electron chi connectivity index (χ3n) is 3.76. The van der Waals surface area contributed by atoms with Gasteiger partial charge in [-0.3, -0.25) is 9.89 Å². The summed E-state index contributed by atoms with van der Waals surface area (Å²) in [5, 5.41) is 6.70. The number of hydrogen-bond donors (Lipinski definition) is 2. The first-order valence-corrected chi connectivity index (χ1v) is 7.99. The van der Waals surface area contributed by atoms with E-state index in [1.165, 1.54) is 25.8 Å². The first kappa shape index (κ1) is 17.2. The van der Waals surface area contributed by atoms with Crippen molar-refractivity contribution < 1.29 is 4.74 Å². The fraction of sp³-hybridized carbons (Fsp3) is 0.933. The molecule has 0 aromatic heterocycles. The molecule has 2 atom stereocenters. The normalized spacial score (nSPS) is 22.6. The second-order valence-electron chi connectivity index (χ2n) is 5.50. The van der Waals surface area contributed by atoms with Crippen LogP contribution in [-0.4, -0.2) is 62.8 Å². The standard InChI is InChI=1S/C15H32N4O/c1-5-16-15(18-13(3)12-20-4)17-11-14-9-7-8-10-19(14)6-2/h13-14H,5-12H2,1-4H3,(H2,16,17,18). The first-order chi connectivity index (χ1) is 9.71. The Kier molecular flexibility index (Phi) is 8.62. The monoisotopic (exact) mass is 284 g/mol. The summed E-state index contributed by atoms with van der Waals surface area (Å²) in [5.74, 6) is 0.902. The van der Waals surface area contributed by atoms with Crippen LogP contribution >= 0.6 is 0 Å². The molecule has 0 aliphatic carbocycles. The summed E-state index contributed by atoms with van der Waals surface area (Å²) >= 11 is 0. The Morgan fingerprint density at radius 3 is 2.85 bits per heavy atom. The second-order valence-corrected chi connectivity index (χ2v) is 5.50. The van der Waals surface area contributed by atoms with Crippen LogP contribution in [0.25, 0.3) is 0 Å². The molecule has 1 aliphatic heterocycles. The molecular weight excluding hydrogens is 252 g/mol. The third kappa shape index (κ3) is 6.09. The minimum Gasteiger partial charge on any atom is -0.383 e. The van der Waals surface area contributed by atoms with E-state index in [1.54, 1.807) is 7.11 Å². The highest BCUT2D eigenvalue weighted by atomic mass is 16.5. The summed E-state index contributed by atoms with van der Waals surface area (Å²) in [6, 6.07) is 0.869. The highest BCUT2D eigenvalue weighted by molar-refractivity contribution is 5.80. The van der Waals surface area contributed by atoms with Crippen molar-refractivity contribution in [3.05, 3.63) is 0 Å². The molecule has 1 aliphatic rings. The first-order valence-electron chi connectivity index (χ1n) is 7.99. The summed E-state index contributed by atoms with van der Waals surface area (Å²) in [5.41, 5.74) is 0. The molecule has 1 fully saturated rings. The van der Waals surface area contributed by atoms with E-state index < -0.39 is 0 Å². The highest BCUT2D eigenvalue weighted by Crippen LogP contribution is 2.16. The van der Waals surface area contributed by atoms with Crippen molar-refractivity contribution in [2.75, 3.05) is 39.9 Å². The quantitative estimate of drug-likeness (QED) is 0.549. The molecule has 5 heteroatoms. The molecule has 118 valence electrons. The zero-order chi connectivity index (χ0) is 14.8. The van der Waals surface area contributed by atoms with E-state index in [0.717, 1.165) is 25.6 Å². The van der Waals surface area contributed by atoms with Crippen molar-refractivity contribution in [3.8, 4) is 0 Å². The van der Waals surface area contributed by atoms with Gasteiger partial charge in [0.15, 0.2) is 5.96 Å². The van der Waals surface area contributed by atoms with Crippen LogP contribution in [0.15, 0.2) is 4.99 Å². The van der Waals surface area contributed by atoms with Gasteiger partial charge in [0.05, 0.1) is 13.2 Å². The second kappa shape index (κ2) is 10.00. The number of rotatable bonds is 7. The largest absolute Gasteiger partial charge is 0.383 e. The van der Waals surface area contributed by atoms with Crippen LogP contribution in [0.1, 0.15) is 40.0 Å². The number of ether oxygens (including phenoxy) is 1. The van der Waals surface area contributed by atoms with Gasteiger partial charge < -0.3 is 15.4 Å². The molecule has 2 N–H and O–H groups in total. The van der Waals surface area contributed by atoms with Crippen LogP contribution in [0.4, 0.5) is 0 Å². The molecule has 5 nitrogen and oxygen atoms in total. The van der Waals surface area contributed by atoms with Crippen molar-refractivity contribution in [2.45, 2.75) is 52.1 Å². The van der Waals surface area contributed by atoms with E-state index in [9.17, 15) is 0 Å². The average molecular weight is 284 g/mol. The Hall–Kier alpha value is -0.810. The van der Waals surface area contributed by atoms with Gasteiger partial charge in [-0.25, -0.2) is 0 Å². The number of methoxy groups -OCH3 is 1. The minimum absolute atomic E-state index is 0.270. The zero-order valence-corrected chi connectivity index (χ0v) is 13.6. The predicted octanol–water partition coefficient (Wildman–Crippen LogP) is 1.45. The summed E-state index contributed by atoms with van der Waals surface area (Å²) in [4.78, 5) is 7.31. The topological polar surface area (TPSA) is 48.9 Å². The maximum absolute atomic E-state index is 5.16. The molecule has 0 radical (unpaired) electrons. The highest BCUT2D eigenvalue weighted by Gasteiger charge is 2.20. The Morgan fingerprint density at radius 1 is 1.40 bits per heavy atom. The Balaban J connectivity index is 2.51. The van der Waals surface area contributed by atoms with Crippen molar-refractivity contribution >= 4 is 5.96 Å². The van der Waals surface area contributed by atoms with E-state index in [0.29, 0.717) is 12.6 Å². The van der Waals surface area contributed by atoms with E-state index in [2.05, 4.69) is 36.3 Å². The number of aliphatic imine (C=N–C) groups is 1. The summed E-state index contributed by atoms with van der Waals surface area (Å²) in [6.45, 7) is 11.2. The van der Waals surface area contributed by atoms with Crippen molar-refractivity contribution in [3.63, 3.8) is 0 Å². The molecule has 0 aromatic rings. The summed E-state index contributed by atoms with van der Waals surface area (Å²) < 4.78 is 5.16. The molecule has 0 amide bonds. The van der Waals surface area contributed by atoms with Gasteiger partial charge in [-0.2, -0.15) is 0 Å². The van der Waals surface area contributed by atoms with Gasteiger partial charge in [-0.05, 0) is 39.8 Å². The van der Waals surface area contributed by atoms with Gasteiger partial charge >= 0.3 is 0 Å². The number of nitrogens with zero attached hydrogens (tertiary/aromatic N) is 2. The molecule has 0 saturated carbocycles. The Morgan fingerprint density at radius 2 is 2.20 bits per heavy atom. The van der Waals surface area contributed by atoms with Crippen molar-refractivity contribution in [1.29, 1.82) is 0 Å². The number of hydrogen-bond acceptors (Lipinski definition) is 3. The molecular formula is C15H32N4O. The lowest BCUT2D eigenvalue weighted by molar-refractivity contribution is 0.161. The number of nitrogens with one attached hydrogen (secondary N) is 2. The van der Waals surface area contributed by atoms with Gasteiger partial charge in [0.2, 0.25) is 0 Å². The van der Waals surface area contributed by atoms with Gasteiger partial charge in [0, 0.05) is 25.7 Å². The molecule has 0 spiro atoms. The van der Waals surface area contributed by atoms with E-state index in [1.807, 2.05) is 0 Å². The molecule has 0 bridgehead atoms. The van der Waals surface area contributed by atoms with Gasteiger partial charge in [-0.1, -0.05) is 13.3 Å². The fourth-order valence-electron chi connectivity index (χ4n) is 2.72. The number of piperidine rings is 1. The number of guanidine groups is 1. The fourth-order valence-corrected chi connectivity index (χ4v) is 2.72. The van der Waals surface area contributed by atoms with Crippen molar-refractivity contribution in [1.82, 2.24) is 15.5 Å². The van der Waals surface area contributed by atoms with Crippen LogP contribution in [0.2, 0.25) is 0 Å². The minimum atomic E-state index is 0.270. The Bertz CT molecular complexity index is 283. The number of likely N-dealkylation sites (N-methyl/N-ethyl adjacent to an activating group) is 1. The van der Waals surface area contributed by atoms with Crippen LogP contribution in [-0.2, 0) is 4.74 Å². The predicted molar refractivity (Wildman–Crippen MR) is 85.3 cm³/mol. The van der Waals surface area contributed by atoms with Gasteiger partial charge in [-0.15, -0.1) is 0 Å². The lowest BCUT2D eigenvalue weighted by Crippen LogP contribution is -2.46. The lowest BCUT2D eigenvalue weighted by Gasteiger charge is -2.34. The smallest absolute Gasteiger partial charge is 0.191 e. The molecule has 1 saturated heterocycles. The molecule has 0 aromatic carbocycles. The van der Waals surface area contributed by atoms with E-state index in [4.69, 9.17) is 9.73 Å². The maximum Gasteiger partial charge on any atom is 0.191 e. The van der Waals surface area contributed by atoms with Crippen LogP contribution in [0.5, 0.6) is 0 Å². The molecule has 1 rings (SSSR count). The van der Waals surface area contributed by atoms with E-state index >= 15 is 0 Å². The maximum atomic E-state index is 5.16. The summed E-state index contributed by atoms with van der Waals surface area (Å²) in [6.07, 6.45) is 3.93. The molecule has 2 unspecified atom stereocenters. The number of likely N-dealkylation sites (tertiary alicyclic amines) is 1. The molecule has 1 heterocycles. The SMILES string of the molecule is CCNC(=NCC1CCCCN1CC)NC(C)COC. The van der Waals surface area contributed by atoms with Crippen LogP contribution in [0, 0.1) is 0 Å². The van der Waals surface area contributed by atoms with Crippen molar-refractivity contribution in [2.24, 2.45) is 4.99 Å². The zero-order valence-electron chi connectivity index (χ0n) is 13.6. The van der Waals surface area contributed by atoms with Gasteiger partial charge in [0.25, 0.3) is 0 Å². The molecule has 20 heavy (non-hydrogen) atoms. The lowest BCUT2D eigenvalue weighted by atomic mass is 10.0. The Labute approximate surface area is 124 Å². The van der Waals surface area contributed by atoms with Gasteiger partial charge in [0.1, 0.15) is 0 Å². The van der Waals surface area contributed by atoms with E-state index in [-0.39, 0.29) is 6.04 Å². The third-order valence-corrected chi connectivity index (χ3v) is 3.76. The van der Waals surface area contributed by atoms with Crippen LogP contribution in [0.3, 0.4) is 0 Å². The van der Waals surface area contributed by atoms with Crippen LogP contribution < -0.4 is 10.6 Å². The average Bonchev–Trinajstić information content (AvgIpc) is 2.45.